The number of anilines is 1. The lowest BCUT2D eigenvalue weighted by Gasteiger charge is -2.28. The highest BCUT2D eigenvalue weighted by atomic mass is 19.1. The number of likely N-dealkylation sites (tertiary alicyclic amines) is 1. The molecule has 3 heterocycles. The monoisotopic (exact) mass is 410 g/mol. The molecule has 0 N–H and O–H groups in total. The number of amides is 2. The number of benzene rings is 2. The Hall–Kier alpha value is -3.09. The number of nitrogens with zero attached hydrogens (tertiary/aromatic N) is 2. The van der Waals surface area contributed by atoms with Gasteiger partial charge >= 0.3 is 0 Å². The smallest absolute Gasteiger partial charge is 0.228 e. The van der Waals surface area contributed by atoms with Crippen LogP contribution in [0.25, 0.3) is 0 Å². The Morgan fingerprint density at radius 1 is 1.07 bits per heavy atom. The molecule has 2 aromatic carbocycles. The van der Waals surface area contributed by atoms with E-state index < -0.39 is 11.7 Å². The average molecular weight is 410 g/mol. The first-order valence-electron chi connectivity index (χ1n) is 10.4. The highest BCUT2D eigenvalue weighted by Gasteiger charge is 2.41. The fourth-order valence-electron chi connectivity index (χ4n) is 4.66. The van der Waals surface area contributed by atoms with Gasteiger partial charge in [-0.15, -0.1) is 0 Å². The van der Waals surface area contributed by atoms with Gasteiger partial charge in [0.25, 0.3) is 0 Å². The van der Waals surface area contributed by atoms with Crippen molar-refractivity contribution in [3.63, 3.8) is 0 Å². The van der Waals surface area contributed by atoms with Gasteiger partial charge in [-0.05, 0) is 42.7 Å². The zero-order chi connectivity index (χ0) is 20.7. The van der Waals surface area contributed by atoms with Gasteiger partial charge in [-0.2, -0.15) is 0 Å². The Labute approximate surface area is 174 Å². The van der Waals surface area contributed by atoms with Crippen molar-refractivity contribution in [3.8, 4) is 11.5 Å². The van der Waals surface area contributed by atoms with Crippen molar-refractivity contribution >= 4 is 17.5 Å². The lowest BCUT2D eigenvalue weighted by atomic mass is 10.0. The normalized spacial score (nSPS) is 23.2. The Kier molecular flexibility index (Phi) is 4.81. The van der Waals surface area contributed by atoms with Crippen LogP contribution in [-0.4, -0.2) is 43.0 Å². The molecule has 2 amide bonds. The zero-order valence-corrected chi connectivity index (χ0v) is 16.6. The van der Waals surface area contributed by atoms with Crippen molar-refractivity contribution in [1.82, 2.24) is 4.90 Å². The van der Waals surface area contributed by atoms with Crippen molar-refractivity contribution in [2.24, 2.45) is 5.92 Å². The maximum Gasteiger partial charge on any atom is 0.228 e. The molecule has 5 rings (SSSR count). The van der Waals surface area contributed by atoms with Crippen molar-refractivity contribution in [1.29, 1.82) is 0 Å². The quantitative estimate of drug-likeness (QED) is 0.779. The third-order valence-corrected chi connectivity index (χ3v) is 6.10. The largest absolute Gasteiger partial charge is 0.486 e. The number of ether oxygens (including phenoxy) is 2. The van der Waals surface area contributed by atoms with Gasteiger partial charge in [0.05, 0.1) is 17.6 Å². The van der Waals surface area contributed by atoms with Gasteiger partial charge in [-0.3, -0.25) is 9.59 Å². The summed E-state index contributed by atoms with van der Waals surface area (Å²) in [5.74, 6) is 0.264. The molecule has 156 valence electrons. The number of halogens is 1. The molecular weight excluding hydrogens is 387 g/mol. The van der Waals surface area contributed by atoms with Crippen LogP contribution in [0.1, 0.15) is 30.9 Å². The fraction of sp³-hybridized carbons (Fsp3) is 0.391. The lowest BCUT2D eigenvalue weighted by Crippen LogP contribution is -2.37. The van der Waals surface area contributed by atoms with E-state index in [1.165, 1.54) is 11.0 Å². The topological polar surface area (TPSA) is 59.1 Å². The van der Waals surface area contributed by atoms with Crippen LogP contribution in [0.15, 0.2) is 42.5 Å². The predicted molar refractivity (Wildman–Crippen MR) is 108 cm³/mol. The first kappa shape index (κ1) is 18.9. The van der Waals surface area contributed by atoms with Gasteiger partial charge in [-0.25, -0.2) is 4.39 Å². The van der Waals surface area contributed by atoms with Crippen molar-refractivity contribution < 1.29 is 23.5 Å². The summed E-state index contributed by atoms with van der Waals surface area (Å²) in [5.41, 5.74) is 1.25. The van der Waals surface area contributed by atoms with Gasteiger partial charge in [0.2, 0.25) is 11.8 Å². The second-order valence-corrected chi connectivity index (χ2v) is 7.95. The van der Waals surface area contributed by atoms with E-state index in [1.807, 2.05) is 23.1 Å². The van der Waals surface area contributed by atoms with E-state index in [9.17, 15) is 14.0 Å². The molecule has 0 aromatic heterocycles. The minimum atomic E-state index is -0.463. The van der Waals surface area contributed by atoms with Gasteiger partial charge in [0.15, 0.2) is 11.5 Å². The van der Waals surface area contributed by atoms with E-state index in [0.29, 0.717) is 25.5 Å². The van der Waals surface area contributed by atoms with Crippen LogP contribution in [-0.2, 0) is 9.59 Å². The van der Waals surface area contributed by atoms with E-state index in [1.54, 1.807) is 18.2 Å². The zero-order valence-electron chi connectivity index (χ0n) is 16.6. The molecule has 0 aliphatic carbocycles. The second-order valence-electron chi connectivity index (χ2n) is 7.95. The maximum absolute atomic E-state index is 14.2. The minimum absolute atomic E-state index is 0.0421. The molecule has 0 spiro atoms. The number of rotatable bonds is 3. The molecule has 2 atom stereocenters. The summed E-state index contributed by atoms with van der Waals surface area (Å²) in [6.45, 7) is 1.92. The van der Waals surface area contributed by atoms with Gasteiger partial charge in [0, 0.05) is 19.5 Å². The molecule has 2 aromatic rings. The molecule has 6 nitrogen and oxygen atoms in total. The second kappa shape index (κ2) is 7.63. The van der Waals surface area contributed by atoms with Crippen LogP contribution in [0.4, 0.5) is 10.1 Å². The van der Waals surface area contributed by atoms with Crippen LogP contribution in [0.2, 0.25) is 0 Å². The van der Waals surface area contributed by atoms with Crippen LogP contribution < -0.4 is 14.4 Å². The summed E-state index contributed by atoms with van der Waals surface area (Å²) >= 11 is 0. The summed E-state index contributed by atoms with van der Waals surface area (Å²) in [6, 6.07) is 12.0. The van der Waals surface area contributed by atoms with Gasteiger partial charge < -0.3 is 19.3 Å². The number of para-hydroxylation sites is 1. The molecule has 3 aliphatic rings. The molecule has 7 heteroatoms. The van der Waals surface area contributed by atoms with Crippen molar-refractivity contribution in [3.05, 3.63) is 53.8 Å². The Morgan fingerprint density at radius 2 is 1.87 bits per heavy atom. The Bertz CT molecular complexity index is 995. The molecule has 0 saturated carbocycles. The van der Waals surface area contributed by atoms with Gasteiger partial charge in [0.1, 0.15) is 19.0 Å². The standard InChI is InChI=1S/C23H23FN2O4/c24-17-4-1-2-5-19(17)26-14-16(13-22(26)27)23(28)25-9-3-6-18(25)15-7-8-20-21(12-15)30-11-10-29-20/h1-2,4-5,7-8,12,16,18H,3,6,9-11,13-14H2/t16-,18-/m1/s1. The van der Waals surface area contributed by atoms with E-state index >= 15 is 0 Å². The molecule has 2 fully saturated rings. The first-order chi connectivity index (χ1) is 14.6. The number of carbonyl (C=O) groups excluding carboxylic acids is 2. The van der Waals surface area contributed by atoms with Crippen LogP contribution in [0.5, 0.6) is 11.5 Å². The number of hydrogen-bond acceptors (Lipinski definition) is 4. The molecule has 0 radical (unpaired) electrons. The minimum Gasteiger partial charge on any atom is -0.486 e. The summed E-state index contributed by atoms with van der Waals surface area (Å²) in [5, 5.41) is 0. The van der Waals surface area contributed by atoms with Crippen molar-refractivity contribution in [2.75, 3.05) is 31.2 Å². The van der Waals surface area contributed by atoms with E-state index in [2.05, 4.69) is 0 Å². The number of carbonyl (C=O) groups is 2. The maximum atomic E-state index is 14.2. The van der Waals surface area contributed by atoms with Crippen molar-refractivity contribution in [2.45, 2.75) is 25.3 Å². The average Bonchev–Trinajstić information content (AvgIpc) is 3.40. The summed E-state index contributed by atoms with van der Waals surface area (Å²) in [6.07, 6.45) is 1.88. The molecular formula is C23H23FN2O4. The molecule has 0 unspecified atom stereocenters. The number of hydrogen-bond donors (Lipinski definition) is 0. The number of fused-ring (bicyclic) bond motifs is 1. The lowest BCUT2D eigenvalue weighted by molar-refractivity contribution is -0.136. The molecule has 30 heavy (non-hydrogen) atoms. The third kappa shape index (κ3) is 3.28. The summed E-state index contributed by atoms with van der Waals surface area (Å²) < 4.78 is 25.4. The Balaban J connectivity index is 1.34. The summed E-state index contributed by atoms with van der Waals surface area (Å²) in [4.78, 5) is 29.1. The highest BCUT2D eigenvalue weighted by Crippen LogP contribution is 2.39. The summed E-state index contributed by atoms with van der Waals surface area (Å²) in [7, 11) is 0. The van der Waals surface area contributed by atoms with E-state index in [4.69, 9.17) is 9.47 Å². The van der Waals surface area contributed by atoms with Crippen LogP contribution in [0, 0.1) is 11.7 Å². The van der Waals surface area contributed by atoms with E-state index in [0.717, 1.165) is 24.2 Å². The predicted octanol–water partition coefficient (Wildman–Crippen LogP) is 3.31. The van der Waals surface area contributed by atoms with E-state index in [-0.39, 0.29) is 36.5 Å². The van der Waals surface area contributed by atoms with Crippen LogP contribution in [0.3, 0.4) is 0 Å². The van der Waals surface area contributed by atoms with Gasteiger partial charge in [-0.1, -0.05) is 18.2 Å². The highest BCUT2D eigenvalue weighted by molar-refractivity contribution is 6.00. The fourth-order valence-corrected chi connectivity index (χ4v) is 4.66. The SMILES string of the molecule is O=C1C[C@@H](C(=O)N2CCC[C@@H]2c2ccc3c(c2)OCCO3)CN1c1ccccc1F. The molecule has 0 bridgehead atoms. The van der Waals surface area contributed by atoms with Crippen LogP contribution >= 0.6 is 0 Å². The molecule has 2 saturated heterocycles. The third-order valence-electron chi connectivity index (χ3n) is 6.10. The molecule has 3 aliphatic heterocycles. The Morgan fingerprint density at radius 3 is 2.70 bits per heavy atom. The first-order valence-corrected chi connectivity index (χ1v) is 10.4.